The molecule has 0 radical (unpaired) electrons. The maximum atomic E-state index is 6.41. The van der Waals surface area contributed by atoms with Crippen molar-refractivity contribution < 1.29 is 4.74 Å². The van der Waals surface area contributed by atoms with Crippen LogP contribution in [0.5, 0.6) is 5.75 Å². The summed E-state index contributed by atoms with van der Waals surface area (Å²) < 4.78 is 5.65. The fourth-order valence-electron chi connectivity index (χ4n) is 4.48. The molecule has 1 aliphatic heterocycles. The molecule has 1 saturated carbocycles. The molecule has 1 aromatic heterocycles. The number of aliphatic imine (C=N–C) groups is 1. The minimum atomic E-state index is 0.0416. The number of rotatable bonds is 5. The van der Waals surface area contributed by atoms with Gasteiger partial charge in [0, 0.05) is 48.7 Å². The van der Waals surface area contributed by atoms with Crippen molar-refractivity contribution in [3.8, 4) is 5.75 Å². The monoisotopic (exact) mass is 399 g/mol. The van der Waals surface area contributed by atoms with Gasteiger partial charge in [0.05, 0.1) is 13.7 Å². The maximum absolute atomic E-state index is 6.41. The van der Waals surface area contributed by atoms with E-state index >= 15 is 0 Å². The van der Waals surface area contributed by atoms with Crippen molar-refractivity contribution in [3.05, 3.63) is 41.4 Å². The lowest BCUT2D eigenvalue weighted by molar-refractivity contribution is 0.367. The van der Waals surface area contributed by atoms with Crippen LogP contribution in [0, 0.1) is 0 Å². The molecule has 4 rings (SSSR count). The lowest BCUT2D eigenvalue weighted by Gasteiger charge is -2.36. The first-order valence-electron chi connectivity index (χ1n) is 10.0. The summed E-state index contributed by atoms with van der Waals surface area (Å²) in [5.41, 5.74) is 7.73. The molecule has 6 nitrogen and oxygen atoms in total. The van der Waals surface area contributed by atoms with Crippen molar-refractivity contribution in [2.45, 2.75) is 31.1 Å². The van der Waals surface area contributed by atoms with E-state index in [0.29, 0.717) is 5.96 Å². The molecule has 1 aromatic carbocycles. The molecule has 0 unspecified atom stereocenters. The van der Waals surface area contributed by atoms with Crippen molar-refractivity contribution >= 4 is 22.4 Å². The number of anilines is 1. The zero-order chi connectivity index (χ0) is 19.4. The molecular weight excluding hydrogens is 370 g/mol. The predicted molar refractivity (Wildman–Crippen MR) is 116 cm³/mol. The van der Waals surface area contributed by atoms with Gasteiger partial charge in [0.2, 0.25) is 0 Å². The number of ether oxygens (including phenoxy) is 1. The number of benzene rings is 1. The van der Waals surface area contributed by atoms with E-state index < -0.39 is 0 Å². The molecule has 2 heterocycles. The minimum Gasteiger partial charge on any atom is -0.496 e. The Labute approximate surface area is 171 Å². The molecule has 2 aromatic rings. The molecule has 1 saturated heterocycles. The van der Waals surface area contributed by atoms with Gasteiger partial charge in [-0.3, -0.25) is 4.99 Å². The van der Waals surface area contributed by atoms with Gasteiger partial charge < -0.3 is 20.3 Å². The van der Waals surface area contributed by atoms with E-state index in [9.17, 15) is 0 Å². The number of hydrogen-bond acceptors (Lipinski definition) is 5. The second kappa shape index (κ2) is 8.39. The Balaban J connectivity index is 1.44. The first-order valence-corrected chi connectivity index (χ1v) is 10.9. The van der Waals surface area contributed by atoms with Crippen molar-refractivity contribution in [2.24, 2.45) is 10.7 Å². The van der Waals surface area contributed by atoms with E-state index in [-0.39, 0.29) is 5.41 Å². The van der Waals surface area contributed by atoms with E-state index in [4.69, 9.17) is 15.5 Å². The van der Waals surface area contributed by atoms with Crippen LogP contribution < -0.4 is 15.4 Å². The van der Waals surface area contributed by atoms with E-state index in [1.54, 1.807) is 18.4 Å². The summed E-state index contributed by atoms with van der Waals surface area (Å²) in [6, 6.07) is 8.39. The SMILES string of the molecule is COc1ccccc1C1(CN=C(N)N2CCN(c3nccs3)CC2)CCCC1. The van der Waals surface area contributed by atoms with E-state index in [0.717, 1.165) is 56.4 Å². The van der Waals surface area contributed by atoms with Crippen LogP contribution in [-0.4, -0.2) is 55.7 Å². The van der Waals surface area contributed by atoms with E-state index in [1.807, 2.05) is 17.6 Å². The normalized spacial score (nSPS) is 19.8. The van der Waals surface area contributed by atoms with Gasteiger partial charge in [-0.1, -0.05) is 31.0 Å². The Kier molecular flexibility index (Phi) is 5.71. The molecule has 0 atom stereocenters. The summed E-state index contributed by atoms with van der Waals surface area (Å²) in [6.07, 6.45) is 6.62. The number of aromatic nitrogens is 1. The lowest BCUT2D eigenvalue weighted by Crippen LogP contribution is -2.51. The van der Waals surface area contributed by atoms with Gasteiger partial charge in [-0.25, -0.2) is 4.98 Å². The zero-order valence-corrected chi connectivity index (χ0v) is 17.3. The number of para-hydroxylation sites is 1. The quantitative estimate of drug-likeness (QED) is 0.618. The third-order valence-corrected chi connectivity index (χ3v) is 6.91. The standard InChI is InChI=1S/C21H29N5OS/c1-27-18-7-3-2-6-17(18)21(8-4-5-9-21)16-24-19(22)25-11-13-26(14-12-25)20-23-10-15-28-20/h2-3,6-7,10,15H,4-5,8-9,11-14,16H2,1H3,(H2,22,24). The van der Waals surface area contributed by atoms with Crippen LogP contribution in [0.4, 0.5) is 5.13 Å². The lowest BCUT2D eigenvalue weighted by atomic mass is 9.78. The highest BCUT2D eigenvalue weighted by Gasteiger charge is 2.37. The van der Waals surface area contributed by atoms with Crippen LogP contribution in [0.25, 0.3) is 0 Å². The maximum Gasteiger partial charge on any atom is 0.191 e. The number of guanidine groups is 1. The molecule has 0 amide bonds. The van der Waals surface area contributed by atoms with Gasteiger partial charge in [0.1, 0.15) is 5.75 Å². The smallest absolute Gasteiger partial charge is 0.191 e. The molecule has 7 heteroatoms. The van der Waals surface area contributed by atoms with Gasteiger partial charge in [0.25, 0.3) is 0 Å². The summed E-state index contributed by atoms with van der Waals surface area (Å²) in [7, 11) is 1.75. The van der Waals surface area contributed by atoms with Crippen LogP contribution in [0.1, 0.15) is 31.2 Å². The van der Waals surface area contributed by atoms with Gasteiger partial charge in [-0.2, -0.15) is 0 Å². The number of nitrogens with zero attached hydrogens (tertiary/aromatic N) is 4. The number of nitrogens with two attached hydrogens (primary N) is 1. The first-order chi connectivity index (χ1) is 13.7. The zero-order valence-electron chi connectivity index (χ0n) is 16.5. The van der Waals surface area contributed by atoms with Crippen molar-refractivity contribution in [1.29, 1.82) is 0 Å². The average molecular weight is 400 g/mol. The molecular formula is C21H29N5OS. The highest BCUT2D eigenvalue weighted by Crippen LogP contribution is 2.44. The molecule has 2 aliphatic rings. The molecule has 0 spiro atoms. The Morgan fingerprint density at radius 1 is 1.21 bits per heavy atom. The van der Waals surface area contributed by atoms with Crippen LogP contribution in [0.15, 0.2) is 40.8 Å². The number of piperazine rings is 1. The number of thiazole rings is 1. The second-order valence-electron chi connectivity index (χ2n) is 7.65. The van der Waals surface area contributed by atoms with Crippen molar-refractivity contribution in [1.82, 2.24) is 9.88 Å². The molecule has 2 N–H and O–H groups in total. The van der Waals surface area contributed by atoms with Crippen LogP contribution >= 0.6 is 11.3 Å². The summed E-state index contributed by atoms with van der Waals surface area (Å²) in [5.74, 6) is 1.63. The third kappa shape index (κ3) is 3.81. The average Bonchev–Trinajstić information content (AvgIpc) is 3.45. The van der Waals surface area contributed by atoms with Gasteiger partial charge in [0.15, 0.2) is 11.1 Å². The summed E-state index contributed by atoms with van der Waals surface area (Å²) in [4.78, 5) is 13.8. The van der Waals surface area contributed by atoms with Gasteiger partial charge in [-0.05, 0) is 18.9 Å². The summed E-state index contributed by atoms with van der Waals surface area (Å²) in [6.45, 7) is 4.36. The first kappa shape index (κ1) is 19.1. The Morgan fingerprint density at radius 3 is 2.64 bits per heavy atom. The van der Waals surface area contributed by atoms with Gasteiger partial charge >= 0.3 is 0 Å². The van der Waals surface area contributed by atoms with E-state index in [2.05, 4.69) is 33.0 Å². The fraction of sp³-hybridized carbons (Fsp3) is 0.524. The van der Waals surface area contributed by atoms with E-state index in [1.165, 1.54) is 18.4 Å². The van der Waals surface area contributed by atoms with Gasteiger partial charge in [-0.15, -0.1) is 11.3 Å². The fourth-order valence-corrected chi connectivity index (χ4v) is 5.18. The highest BCUT2D eigenvalue weighted by atomic mass is 32.1. The Morgan fingerprint density at radius 2 is 1.96 bits per heavy atom. The summed E-state index contributed by atoms with van der Waals surface area (Å²) >= 11 is 1.69. The summed E-state index contributed by atoms with van der Waals surface area (Å²) in [5, 5.41) is 3.12. The number of hydrogen-bond donors (Lipinski definition) is 1. The molecule has 2 fully saturated rings. The molecule has 150 valence electrons. The molecule has 1 aliphatic carbocycles. The van der Waals surface area contributed by atoms with Crippen LogP contribution in [0.3, 0.4) is 0 Å². The number of methoxy groups -OCH3 is 1. The topological polar surface area (TPSA) is 67.0 Å². The molecule has 0 bridgehead atoms. The van der Waals surface area contributed by atoms with Crippen molar-refractivity contribution in [3.63, 3.8) is 0 Å². The van der Waals surface area contributed by atoms with Crippen LogP contribution in [-0.2, 0) is 5.41 Å². The Bertz CT molecular complexity index is 793. The predicted octanol–water partition coefficient (Wildman–Crippen LogP) is 3.10. The highest BCUT2D eigenvalue weighted by molar-refractivity contribution is 7.13. The second-order valence-corrected chi connectivity index (χ2v) is 8.52. The van der Waals surface area contributed by atoms with Crippen molar-refractivity contribution in [2.75, 3.05) is 44.7 Å². The van der Waals surface area contributed by atoms with Crippen LogP contribution in [0.2, 0.25) is 0 Å². The largest absolute Gasteiger partial charge is 0.496 e. The third-order valence-electron chi connectivity index (χ3n) is 6.08. The molecule has 28 heavy (non-hydrogen) atoms. The Hall–Kier alpha value is -2.28. The minimum absolute atomic E-state index is 0.0416.